The fraction of sp³-hybridized carbons (Fsp3) is 0.462. The number of Topliss-reactive ketones (excluding diaryl/α,β-unsaturated/α-hetero) is 1. The third-order valence-electron chi connectivity index (χ3n) is 2.17. The number of phenolic OH excluding ortho intramolecular Hbond substituents is 1. The summed E-state index contributed by atoms with van der Waals surface area (Å²) in [5, 5.41) is 9.03. The Labute approximate surface area is 91.9 Å². The van der Waals surface area contributed by atoms with Crippen LogP contribution in [0.2, 0.25) is 0 Å². The quantitative estimate of drug-likeness (QED) is 0.828. The van der Waals surface area contributed by atoms with E-state index in [4.69, 9.17) is 5.11 Å². The maximum Gasteiger partial charge on any atom is 0.132 e. The summed E-state index contributed by atoms with van der Waals surface area (Å²) in [6.07, 6.45) is 0.746. The fourth-order valence-corrected chi connectivity index (χ4v) is 1.13. The Morgan fingerprint density at radius 2 is 1.73 bits per heavy atom. The SMILES string of the molecule is CC.CC(=O)C(C)Cc1ccc(O)cc1. The number of carbonyl (C=O) groups is 1. The lowest BCUT2D eigenvalue weighted by molar-refractivity contribution is -0.120. The highest BCUT2D eigenvalue weighted by atomic mass is 16.3. The van der Waals surface area contributed by atoms with Crippen molar-refractivity contribution in [1.82, 2.24) is 0 Å². The lowest BCUT2D eigenvalue weighted by Crippen LogP contribution is -2.09. The highest BCUT2D eigenvalue weighted by Gasteiger charge is 2.07. The van der Waals surface area contributed by atoms with Gasteiger partial charge in [-0.05, 0) is 31.0 Å². The van der Waals surface area contributed by atoms with Crippen molar-refractivity contribution in [3.8, 4) is 5.75 Å². The normalized spacial score (nSPS) is 11.2. The number of phenols is 1. The van der Waals surface area contributed by atoms with Crippen LogP contribution in [0.15, 0.2) is 24.3 Å². The first-order valence-electron chi connectivity index (χ1n) is 5.38. The third-order valence-corrected chi connectivity index (χ3v) is 2.17. The van der Waals surface area contributed by atoms with E-state index in [-0.39, 0.29) is 17.5 Å². The van der Waals surface area contributed by atoms with Gasteiger partial charge in [0.05, 0.1) is 0 Å². The van der Waals surface area contributed by atoms with Crippen molar-refractivity contribution >= 4 is 5.78 Å². The van der Waals surface area contributed by atoms with Crippen molar-refractivity contribution < 1.29 is 9.90 Å². The van der Waals surface area contributed by atoms with Crippen molar-refractivity contribution in [2.24, 2.45) is 5.92 Å². The molecule has 0 aliphatic rings. The van der Waals surface area contributed by atoms with Gasteiger partial charge in [-0.2, -0.15) is 0 Å². The van der Waals surface area contributed by atoms with Gasteiger partial charge < -0.3 is 5.11 Å². The minimum atomic E-state index is 0.0598. The van der Waals surface area contributed by atoms with E-state index in [1.807, 2.05) is 32.9 Å². The number of benzene rings is 1. The molecular formula is C13H20O2. The molecule has 0 aliphatic heterocycles. The number of rotatable bonds is 3. The predicted molar refractivity (Wildman–Crippen MR) is 63.0 cm³/mol. The van der Waals surface area contributed by atoms with Crippen LogP contribution in [-0.4, -0.2) is 10.9 Å². The average Bonchev–Trinajstić information content (AvgIpc) is 2.24. The molecule has 0 aromatic heterocycles. The molecule has 0 fully saturated rings. The van der Waals surface area contributed by atoms with Gasteiger partial charge in [-0.25, -0.2) is 0 Å². The van der Waals surface area contributed by atoms with Gasteiger partial charge in [0.25, 0.3) is 0 Å². The van der Waals surface area contributed by atoms with Crippen molar-refractivity contribution in [1.29, 1.82) is 0 Å². The van der Waals surface area contributed by atoms with Crippen LogP contribution in [0.4, 0.5) is 0 Å². The number of ketones is 1. The maximum atomic E-state index is 11.0. The Bertz CT molecular complexity index is 288. The zero-order chi connectivity index (χ0) is 11.8. The minimum absolute atomic E-state index is 0.0598. The predicted octanol–water partition coefficient (Wildman–Crippen LogP) is 3.19. The molecule has 2 heteroatoms. The molecule has 0 saturated carbocycles. The first-order chi connectivity index (χ1) is 7.09. The van der Waals surface area contributed by atoms with E-state index in [1.54, 1.807) is 19.1 Å². The van der Waals surface area contributed by atoms with E-state index in [0.717, 1.165) is 12.0 Å². The van der Waals surface area contributed by atoms with Crippen molar-refractivity contribution in [3.05, 3.63) is 29.8 Å². The molecule has 0 aliphatic carbocycles. The van der Waals surface area contributed by atoms with Crippen LogP contribution in [0, 0.1) is 5.92 Å². The summed E-state index contributed by atoms with van der Waals surface area (Å²) in [5.74, 6) is 0.525. The van der Waals surface area contributed by atoms with E-state index >= 15 is 0 Å². The van der Waals surface area contributed by atoms with E-state index in [1.165, 1.54) is 0 Å². The van der Waals surface area contributed by atoms with Crippen LogP contribution in [0.25, 0.3) is 0 Å². The zero-order valence-electron chi connectivity index (χ0n) is 9.95. The van der Waals surface area contributed by atoms with Gasteiger partial charge in [-0.15, -0.1) is 0 Å². The molecule has 0 saturated heterocycles. The van der Waals surface area contributed by atoms with Crippen molar-refractivity contribution in [2.75, 3.05) is 0 Å². The highest BCUT2D eigenvalue weighted by molar-refractivity contribution is 5.78. The van der Waals surface area contributed by atoms with Gasteiger partial charge in [0.15, 0.2) is 0 Å². The average molecular weight is 208 g/mol. The zero-order valence-corrected chi connectivity index (χ0v) is 9.95. The monoisotopic (exact) mass is 208 g/mol. The number of hydrogen-bond donors (Lipinski definition) is 1. The molecule has 1 atom stereocenters. The molecule has 1 N–H and O–H groups in total. The third kappa shape index (κ3) is 5.21. The van der Waals surface area contributed by atoms with Gasteiger partial charge in [0, 0.05) is 5.92 Å². The molecule has 1 rings (SSSR count). The summed E-state index contributed by atoms with van der Waals surface area (Å²) in [4.78, 5) is 11.0. The molecule has 1 aromatic rings. The Morgan fingerprint density at radius 1 is 1.27 bits per heavy atom. The molecular weight excluding hydrogens is 188 g/mol. The lowest BCUT2D eigenvalue weighted by atomic mass is 9.98. The van der Waals surface area contributed by atoms with E-state index in [9.17, 15) is 4.79 Å². The fourth-order valence-electron chi connectivity index (χ4n) is 1.13. The van der Waals surface area contributed by atoms with Crippen LogP contribution in [-0.2, 0) is 11.2 Å². The number of aromatic hydroxyl groups is 1. The summed E-state index contributed by atoms with van der Waals surface area (Å²) in [6, 6.07) is 6.97. The van der Waals surface area contributed by atoms with Gasteiger partial charge >= 0.3 is 0 Å². The second-order valence-corrected chi connectivity index (χ2v) is 3.38. The van der Waals surface area contributed by atoms with E-state index < -0.39 is 0 Å². The molecule has 0 spiro atoms. The summed E-state index contributed by atoms with van der Waals surface area (Å²) in [5.41, 5.74) is 1.08. The largest absolute Gasteiger partial charge is 0.508 e. The van der Waals surface area contributed by atoms with Crippen molar-refractivity contribution in [3.63, 3.8) is 0 Å². The Balaban J connectivity index is 0.000000921. The van der Waals surface area contributed by atoms with Crippen LogP contribution in [0.5, 0.6) is 5.75 Å². The number of carbonyl (C=O) groups excluding carboxylic acids is 1. The van der Waals surface area contributed by atoms with Crippen LogP contribution in [0.1, 0.15) is 33.3 Å². The minimum Gasteiger partial charge on any atom is -0.508 e. The van der Waals surface area contributed by atoms with E-state index in [0.29, 0.717) is 0 Å². The molecule has 0 bridgehead atoms. The topological polar surface area (TPSA) is 37.3 Å². The first kappa shape index (κ1) is 13.7. The molecule has 2 nitrogen and oxygen atoms in total. The smallest absolute Gasteiger partial charge is 0.132 e. The van der Waals surface area contributed by atoms with Crippen LogP contribution < -0.4 is 0 Å². The van der Waals surface area contributed by atoms with Crippen LogP contribution in [0.3, 0.4) is 0 Å². The van der Waals surface area contributed by atoms with Gasteiger partial charge in [-0.3, -0.25) is 4.79 Å². The van der Waals surface area contributed by atoms with Gasteiger partial charge in [0.1, 0.15) is 11.5 Å². The van der Waals surface area contributed by atoms with Crippen molar-refractivity contribution in [2.45, 2.75) is 34.1 Å². The maximum absolute atomic E-state index is 11.0. The summed E-state index contributed by atoms with van der Waals surface area (Å²) in [7, 11) is 0. The summed E-state index contributed by atoms with van der Waals surface area (Å²) < 4.78 is 0. The first-order valence-corrected chi connectivity index (χ1v) is 5.38. The molecule has 84 valence electrons. The molecule has 0 amide bonds. The molecule has 0 radical (unpaired) electrons. The lowest BCUT2D eigenvalue weighted by Gasteiger charge is -2.06. The highest BCUT2D eigenvalue weighted by Crippen LogP contribution is 2.13. The standard InChI is InChI=1S/C11H14O2.C2H6/c1-8(9(2)12)7-10-3-5-11(13)6-4-10;1-2/h3-6,8,13H,7H2,1-2H3;1-2H3. The van der Waals surface area contributed by atoms with Gasteiger partial charge in [0.2, 0.25) is 0 Å². The second-order valence-electron chi connectivity index (χ2n) is 3.38. The summed E-state index contributed by atoms with van der Waals surface area (Å²) >= 11 is 0. The molecule has 15 heavy (non-hydrogen) atoms. The summed E-state index contributed by atoms with van der Waals surface area (Å²) in [6.45, 7) is 7.51. The van der Waals surface area contributed by atoms with Gasteiger partial charge in [-0.1, -0.05) is 32.9 Å². The van der Waals surface area contributed by atoms with Crippen LogP contribution >= 0.6 is 0 Å². The molecule has 1 unspecified atom stereocenters. The Kier molecular flexibility index (Phi) is 6.43. The Morgan fingerprint density at radius 3 is 2.13 bits per heavy atom. The van der Waals surface area contributed by atoms with E-state index in [2.05, 4.69) is 0 Å². The Hall–Kier alpha value is -1.31. The molecule has 1 aromatic carbocycles. The number of hydrogen-bond acceptors (Lipinski definition) is 2. The molecule has 0 heterocycles. The second kappa shape index (κ2) is 7.04.